The molecule has 0 fully saturated rings. The van der Waals surface area contributed by atoms with Gasteiger partial charge in [-0.25, -0.2) is 0 Å². The van der Waals surface area contributed by atoms with E-state index in [0.717, 1.165) is 30.8 Å². The van der Waals surface area contributed by atoms with E-state index in [9.17, 15) is 4.79 Å². The van der Waals surface area contributed by atoms with E-state index in [1.165, 1.54) is 0 Å². The van der Waals surface area contributed by atoms with E-state index < -0.39 is 0 Å². The van der Waals surface area contributed by atoms with Crippen LogP contribution in [-0.2, 0) is 4.79 Å². The van der Waals surface area contributed by atoms with Crippen LogP contribution in [0.5, 0.6) is 0 Å². The van der Waals surface area contributed by atoms with Gasteiger partial charge in [0.15, 0.2) is 0 Å². The Morgan fingerprint density at radius 3 is 2.80 bits per heavy atom. The van der Waals surface area contributed by atoms with Gasteiger partial charge in [-0.15, -0.1) is 0 Å². The molecule has 0 saturated carbocycles. The van der Waals surface area contributed by atoms with Gasteiger partial charge in [-0.1, -0.05) is 45.9 Å². The number of carbonyl (C=O) groups is 1. The van der Waals surface area contributed by atoms with Crippen LogP contribution in [0.15, 0.2) is 24.3 Å². The molecule has 20 heavy (non-hydrogen) atoms. The molecule has 0 spiro atoms. The molecule has 1 aromatic rings. The quantitative estimate of drug-likeness (QED) is 0.887. The van der Waals surface area contributed by atoms with Crippen molar-refractivity contribution in [2.45, 2.75) is 40.0 Å². The summed E-state index contributed by atoms with van der Waals surface area (Å²) in [5.41, 5.74) is 2.45. The third-order valence-corrected chi connectivity index (χ3v) is 4.46. The number of hydrogen-bond donors (Lipinski definition) is 2. The molecule has 1 aromatic carbocycles. The Morgan fingerprint density at radius 2 is 2.10 bits per heavy atom. The molecule has 1 aliphatic heterocycles. The fourth-order valence-electron chi connectivity index (χ4n) is 2.42. The highest BCUT2D eigenvalue weighted by Crippen LogP contribution is 2.31. The summed E-state index contributed by atoms with van der Waals surface area (Å²) in [6.45, 7) is 10.4. The molecular formula is C17H26N2O. The number of hydrogen-bond acceptors (Lipinski definition) is 2. The smallest absolute Gasteiger partial charge is 0.227 e. The Hall–Kier alpha value is -1.51. The van der Waals surface area contributed by atoms with Gasteiger partial charge in [0.1, 0.15) is 0 Å². The lowest BCUT2D eigenvalue weighted by Crippen LogP contribution is -2.38. The van der Waals surface area contributed by atoms with E-state index in [1.54, 1.807) is 0 Å². The average molecular weight is 274 g/mol. The highest BCUT2D eigenvalue weighted by Gasteiger charge is 2.27. The lowest BCUT2D eigenvalue weighted by molar-refractivity contribution is -0.123. The number of para-hydroxylation sites is 1. The van der Waals surface area contributed by atoms with E-state index >= 15 is 0 Å². The molecule has 0 saturated heterocycles. The molecule has 1 heterocycles. The second-order valence-corrected chi connectivity index (χ2v) is 6.87. The molecule has 2 rings (SSSR count). The SMILES string of the molecule is CC(CNC(=O)C1CCNc2ccccc21)C(C)(C)C. The van der Waals surface area contributed by atoms with Crippen molar-refractivity contribution in [3.63, 3.8) is 0 Å². The molecule has 0 radical (unpaired) electrons. The zero-order chi connectivity index (χ0) is 14.8. The minimum absolute atomic E-state index is 0.0142. The van der Waals surface area contributed by atoms with Crippen LogP contribution in [0, 0.1) is 11.3 Å². The van der Waals surface area contributed by atoms with Gasteiger partial charge in [-0.2, -0.15) is 0 Å². The fraction of sp³-hybridized carbons (Fsp3) is 0.588. The molecule has 0 bridgehead atoms. The van der Waals surface area contributed by atoms with Crippen molar-refractivity contribution in [3.8, 4) is 0 Å². The first-order valence-corrected chi connectivity index (χ1v) is 7.50. The molecule has 1 amide bonds. The van der Waals surface area contributed by atoms with Crippen molar-refractivity contribution in [2.75, 3.05) is 18.4 Å². The zero-order valence-electron chi connectivity index (χ0n) is 13.0. The third-order valence-electron chi connectivity index (χ3n) is 4.46. The number of amides is 1. The van der Waals surface area contributed by atoms with Gasteiger partial charge in [0, 0.05) is 18.8 Å². The van der Waals surface area contributed by atoms with E-state index in [-0.39, 0.29) is 17.2 Å². The molecule has 0 aliphatic carbocycles. The summed E-state index contributed by atoms with van der Waals surface area (Å²) >= 11 is 0. The lowest BCUT2D eigenvalue weighted by Gasteiger charge is -2.29. The Kier molecular flexibility index (Phi) is 4.36. The normalized spacial score (nSPS) is 19.7. The summed E-state index contributed by atoms with van der Waals surface area (Å²) < 4.78 is 0. The van der Waals surface area contributed by atoms with Crippen molar-refractivity contribution < 1.29 is 4.79 Å². The predicted octanol–water partition coefficient (Wildman–Crippen LogP) is 3.38. The summed E-state index contributed by atoms with van der Waals surface area (Å²) in [7, 11) is 0. The minimum atomic E-state index is -0.0142. The Balaban J connectivity index is 2.01. The second-order valence-electron chi connectivity index (χ2n) is 6.87. The van der Waals surface area contributed by atoms with Crippen LogP contribution in [0.4, 0.5) is 5.69 Å². The molecule has 1 aliphatic rings. The minimum Gasteiger partial charge on any atom is -0.385 e. The first kappa shape index (κ1) is 14.9. The number of anilines is 1. The zero-order valence-corrected chi connectivity index (χ0v) is 13.0. The number of benzene rings is 1. The molecule has 2 atom stereocenters. The van der Waals surface area contributed by atoms with Gasteiger partial charge in [0.25, 0.3) is 0 Å². The van der Waals surface area contributed by atoms with Gasteiger partial charge in [0.2, 0.25) is 5.91 Å². The molecule has 2 N–H and O–H groups in total. The topological polar surface area (TPSA) is 41.1 Å². The highest BCUT2D eigenvalue weighted by atomic mass is 16.1. The van der Waals surface area contributed by atoms with E-state index in [0.29, 0.717) is 5.92 Å². The van der Waals surface area contributed by atoms with Crippen molar-refractivity contribution >= 4 is 11.6 Å². The van der Waals surface area contributed by atoms with Gasteiger partial charge >= 0.3 is 0 Å². The van der Waals surface area contributed by atoms with Crippen LogP contribution in [0.25, 0.3) is 0 Å². The van der Waals surface area contributed by atoms with Crippen LogP contribution < -0.4 is 10.6 Å². The first-order chi connectivity index (χ1) is 9.39. The Labute approximate surface area is 122 Å². The van der Waals surface area contributed by atoms with Gasteiger partial charge in [-0.3, -0.25) is 4.79 Å². The maximum absolute atomic E-state index is 12.5. The van der Waals surface area contributed by atoms with Gasteiger partial charge < -0.3 is 10.6 Å². The molecule has 3 heteroatoms. The molecule has 110 valence electrons. The Morgan fingerprint density at radius 1 is 1.40 bits per heavy atom. The maximum Gasteiger partial charge on any atom is 0.227 e. The van der Waals surface area contributed by atoms with Gasteiger partial charge in [0.05, 0.1) is 5.92 Å². The van der Waals surface area contributed by atoms with E-state index in [2.05, 4.69) is 44.4 Å². The van der Waals surface area contributed by atoms with Crippen LogP contribution in [0.1, 0.15) is 45.6 Å². The van der Waals surface area contributed by atoms with Crippen molar-refractivity contribution in [3.05, 3.63) is 29.8 Å². The molecule has 2 unspecified atom stereocenters. The number of rotatable bonds is 3. The van der Waals surface area contributed by atoms with E-state index in [4.69, 9.17) is 0 Å². The maximum atomic E-state index is 12.5. The standard InChI is InChI=1S/C17H26N2O/c1-12(17(2,3)4)11-19-16(20)14-9-10-18-15-8-6-5-7-13(14)15/h5-8,12,14,18H,9-11H2,1-4H3,(H,19,20). The monoisotopic (exact) mass is 274 g/mol. The average Bonchev–Trinajstić information content (AvgIpc) is 2.42. The summed E-state index contributed by atoms with van der Waals surface area (Å²) in [4.78, 5) is 12.5. The molecule has 3 nitrogen and oxygen atoms in total. The number of carbonyl (C=O) groups excluding carboxylic acids is 1. The summed E-state index contributed by atoms with van der Waals surface area (Å²) in [6, 6.07) is 8.11. The molecule has 0 aromatic heterocycles. The number of fused-ring (bicyclic) bond motifs is 1. The van der Waals surface area contributed by atoms with Crippen LogP contribution in [-0.4, -0.2) is 19.0 Å². The highest BCUT2D eigenvalue weighted by molar-refractivity contribution is 5.86. The fourth-order valence-corrected chi connectivity index (χ4v) is 2.42. The van der Waals surface area contributed by atoms with Gasteiger partial charge in [-0.05, 0) is 29.4 Å². The number of nitrogens with one attached hydrogen (secondary N) is 2. The van der Waals surface area contributed by atoms with Crippen molar-refractivity contribution in [1.82, 2.24) is 5.32 Å². The lowest BCUT2D eigenvalue weighted by atomic mass is 9.82. The first-order valence-electron chi connectivity index (χ1n) is 7.50. The second kappa shape index (κ2) is 5.86. The third kappa shape index (κ3) is 3.33. The summed E-state index contributed by atoms with van der Waals surface area (Å²) in [5, 5.41) is 6.49. The summed E-state index contributed by atoms with van der Waals surface area (Å²) in [5.74, 6) is 0.609. The van der Waals surface area contributed by atoms with Crippen LogP contribution >= 0.6 is 0 Å². The molecular weight excluding hydrogens is 248 g/mol. The van der Waals surface area contributed by atoms with E-state index in [1.807, 2.05) is 18.2 Å². The summed E-state index contributed by atoms with van der Waals surface area (Å²) in [6.07, 6.45) is 0.868. The van der Waals surface area contributed by atoms with Crippen LogP contribution in [0.2, 0.25) is 0 Å². The van der Waals surface area contributed by atoms with Crippen molar-refractivity contribution in [1.29, 1.82) is 0 Å². The largest absolute Gasteiger partial charge is 0.385 e. The predicted molar refractivity (Wildman–Crippen MR) is 83.9 cm³/mol. The van der Waals surface area contributed by atoms with Crippen molar-refractivity contribution in [2.24, 2.45) is 11.3 Å². The van der Waals surface area contributed by atoms with Crippen LogP contribution in [0.3, 0.4) is 0 Å². The Bertz CT molecular complexity index is 476.